The van der Waals surface area contributed by atoms with Gasteiger partial charge in [0.15, 0.2) is 0 Å². The van der Waals surface area contributed by atoms with Gasteiger partial charge in [0.1, 0.15) is 5.75 Å². The van der Waals surface area contributed by atoms with E-state index in [9.17, 15) is 4.79 Å². The maximum Gasteiger partial charge on any atom is 0.221 e. The maximum atomic E-state index is 10.7. The highest BCUT2D eigenvalue weighted by Crippen LogP contribution is 2.13. The second-order valence-corrected chi connectivity index (χ2v) is 1.98. The van der Waals surface area contributed by atoms with Crippen molar-refractivity contribution in [3.8, 4) is 5.75 Å². The summed E-state index contributed by atoms with van der Waals surface area (Å²) in [6.07, 6.45) is 0. The Morgan fingerprint density at radius 2 is 2.36 bits per heavy atom. The van der Waals surface area contributed by atoms with Crippen molar-refractivity contribution in [1.29, 1.82) is 0 Å². The third kappa shape index (κ3) is 2.29. The predicted molar refractivity (Wildman–Crippen MR) is 42.4 cm³/mol. The highest BCUT2D eigenvalue weighted by Gasteiger charge is 1.93. The molecule has 0 saturated heterocycles. The second-order valence-electron chi connectivity index (χ2n) is 1.98. The van der Waals surface area contributed by atoms with Crippen LogP contribution in [0.3, 0.4) is 0 Å². The summed E-state index contributed by atoms with van der Waals surface area (Å²) in [6, 6.07) is 0.0831. The van der Waals surface area contributed by atoms with E-state index >= 15 is 0 Å². The van der Waals surface area contributed by atoms with Crippen LogP contribution in [-0.2, 0) is 4.79 Å². The van der Waals surface area contributed by atoms with Gasteiger partial charge < -0.3 is 10.4 Å². The second kappa shape index (κ2) is 3.05. The summed E-state index contributed by atoms with van der Waals surface area (Å²) < 4.78 is 22.0. The minimum atomic E-state index is -0.436. The first-order chi connectivity index (χ1) is 6.43. The van der Waals surface area contributed by atoms with Gasteiger partial charge in [0.2, 0.25) is 5.91 Å². The number of nitrogens with one attached hydrogen (secondary N) is 1. The molecule has 0 aliphatic rings. The molecule has 1 amide bonds. The molecule has 3 nitrogen and oxygen atoms in total. The number of amides is 1. The van der Waals surface area contributed by atoms with Crippen LogP contribution in [0.25, 0.3) is 0 Å². The number of phenolic OH excluding ortho intramolecular Hbond substituents is 1. The summed E-state index contributed by atoms with van der Waals surface area (Å²) in [7, 11) is 0. The van der Waals surface area contributed by atoms with Crippen LogP contribution in [0.15, 0.2) is 24.2 Å². The normalized spacial score (nSPS) is 13.0. The van der Waals surface area contributed by atoms with E-state index in [-0.39, 0.29) is 17.8 Å². The predicted octanol–water partition coefficient (Wildman–Crippen LogP) is 1.35. The van der Waals surface area contributed by atoms with E-state index in [0.717, 1.165) is 6.07 Å². The molecule has 0 atom stereocenters. The molecule has 1 aromatic carbocycles. The van der Waals surface area contributed by atoms with Gasteiger partial charge in [-0.2, -0.15) is 0 Å². The molecular formula is C8H9NO2. The molecule has 0 aliphatic carbocycles. The van der Waals surface area contributed by atoms with Crippen LogP contribution in [0.1, 0.15) is 11.0 Å². The Labute approximate surface area is 68.9 Å². The van der Waals surface area contributed by atoms with Crippen LogP contribution in [-0.4, -0.2) is 11.0 Å². The molecule has 0 heterocycles. The van der Waals surface area contributed by atoms with Gasteiger partial charge in [-0.25, -0.2) is 0 Å². The Morgan fingerprint density at radius 3 is 3.00 bits per heavy atom. The number of benzene rings is 1. The van der Waals surface area contributed by atoms with Crippen molar-refractivity contribution in [2.24, 2.45) is 0 Å². The molecule has 0 aliphatic heterocycles. The van der Waals surface area contributed by atoms with Gasteiger partial charge in [0, 0.05) is 12.6 Å². The number of anilines is 1. The van der Waals surface area contributed by atoms with Crippen molar-refractivity contribution in [1.82, 2.24) is 0 Å². The van der Waals surface area contributed by atoms with Crippen molar-refractivity contribution < 1.29 is 14.0 Å². The van der Waals surface area contributed by atoms with E-state index in [2.05, 4.69) is 5.32 Å². The number of phenols is 1. The van der Waals surface area contributed by atoms with Gasteiger partial charge in [0.05, 0.1) is 4.11 Å². The fourth-order valence-electron chi connectivity index (χ4n) is 0.583. The van der Waals surface area contributed by atoms with Crippen molar-refractivity contribution in [3.63, 3.8) is 0 Å². The minimum absolute atomic E-state index is 0.0553. The molecule has 1 rings (SSSR count). The monoisotopic (exact) mass is 154 g/mol. The van der Waals surface area contributed by atoms with Crippen LogP contribution in [0.5, 0.6) is 5.75 Å². The zero-order valence-electron chi connectivity index (χ0n) is 8.93. The quantitative estimate of drug-likeness (QED) is 0.600. The molecule has 0 spiro atoms. The lowest BCUT2D eigenvalue weighted by Gasteiger charge is -1.99. The first-order valence-electron chi connectivity index (χ1n) is 4.51. The van der Waals surface area contributed by atoms with Crippen molar-refractivity contribution in [2.45, 2.75) is 6.92 Å². The Hall–Kier alpha value is -1.51. The van der Waals surface area contributed by atoms with Gasteiger partial charge >= 0.3 is 0 Å². The molecule has 0 unspecified atom stereocenters. The summed E-state index contributed by atoms with van der Waals surface area (Å²) in [6.45, 7) is 1.25. The fourth-order valence-corrected chi connectivity index (χ4v) is 0.583. The van der Waals surface area contributed by atoms with E-state index < -0.39 is 17.7 Å². The van der Waals surface area contributed by atoms with Crippen LogP contribution >= 0.6 is 0 Å². The average Bonchev–Trinajstić information content (AvgIpc) is 2.09. The first-order valence-corrected chi connectivity index (χ1v) is 3.01. The molecule has 0 aromatic heterocycles. The minimum Gasteiger partial charge on any atom is -0.508 e. The molecular weight excluding hydrogens is 142 g/mol. The molecule has 0 radical (unpaired) electrons. The Morgan fingerprint density at radius 1 is 1.64 bits per heavy atom. The van der Waals surface area contributed by atoms with Crippen molar-refractivity contribution in [3.05, 3.63) is 24.2 Å². The molecule has 11 heavy (non-hydrogen) atoms. The standard InChI is InChI=1S/C8H9NO2/c1-6(10)9-7-2-4-8(11)5-3-7/h2-5,11H,1H3,(H,9,10)/i2D,3D,4D. The highest BCUT2D eigenvalue weighted by atomic mass is 16.3. The summed E-state index contributed by atoms with van der Waals surface area (Å²) in [4.78, 5) is 10.7. The Bertz CT molecular complexity index is 393. The third-order valence-corrected chi connectivity index (χ3v) is 0.970. The van der Waals surface area contributed by atoms with Gasteiger partial charge in [-0.1, -0.05) is 0 Å². The van der Waals surface area contributed by atoms with Crippen LogP contribution in [0.4, 0.5) is 5.69 Å². The van der Waals surface area contributed by atoms with Gasteiger partial charge in [-0.05, 0) is 24.2 Å². The van der Waals surface area contributed by atoms with Crippen LogP contribution < -0.4 is 5.32 Å². The molecule has 2 N–H and O–H groups in total. The van der Waals surface area contributed by atoms with Crippen molar-refractivity contribution in [2.75, 3.05) is 5.32 Å². The van der Waals surface area contributed by atoms with E-state index in [1.807, 2.05) is 0 Å². The summed E-state index contributed by atoms with van der Waals surface area (Å²) in [5.41, 5.74) is -0.0553. The summed E-state index contributed by atoms with van der Waals surface area (Å²) in [5.74, 6) is -0.855. The Balaban J connectivity index is 3.29. The number of hydrogen-bond acceptors (Lipinski definition) is 2. The molecule has 3 heteroatoms. The molecule has 0 fully saturated rings. The Kier molecular flexibility index (Phi) is 1.22. The van der Waals surface area contributed by atoms with E-state index in [1.54, 1.807) is 0 Å². The number of carbonyl (C=O) groups is 1. The average molecular weight is 154 g/mol. The number of aromatic hydroxyl groups is 1. The smallest absolute Gasteiger partial charge is 0.221 e. The van der Waals surface area contributed by atoms with E-state index in [4.69, 9.17) is 9.22 Å². The largest absolute Gasteiger partial charge is 0.508 e. The zero-order chi connectivity index (χ0) is 10.9. The highest BCUT2D eigenvalue weighted by molar-refractivity contribution is 5.88. The molecule has 1 aromatic rings. The zero-order valence-corrected chi connectivity index (χ0v) is 5.93. The van der Waals surface area contributed by atoms with E-state index in [1.165, 1.54) is 6.92 Å². The molecule has 0 bridgehead atoms. The topological polar surface area (TPSA) is 49.3 Å². The van der Waals surface area contributed by atoms with E-state index in [0.29, 0.717) is 0 Å². The van der Waals surface area contributed by atoms with Crippen molar-refractivity contribution >= 4 is 11.6 Å². The SMILES string of the molecule is [2H]c1cc(O)c([2H])c([2H])c1NC(C)=O. The maximum absolute atomic E-state index is 10.7. The fraction of sp³-hybridized carbons (Fsp3) is 0.125. The lowest BCUT2D eigenvalue weighted by atomic mass is 10.3. The molecule has 0 saturated carbocycles. The third-order valence-electron chi connectivity index (χ3n) is 0.970. The summed E-state index contributed by atoms with van der Waals surface area (Å²) in [5, 5.41) is 11.4. The van der Waals surface area contributed by atoms with Crippen LogP contribution in [0, 0.1) is 0 Å². The number of carbonyl (C=O) groups excluding carboxylic acids is 1. The number of rotatable bonds is 1. The lowest BCUT2D eigenvalue weighted by Crippen LogP contribution is -2.04. The summed E-state index contributed by atoms with van der Waals surface area (Å²) >= 11 is 0. The van der Waals surface area contributed by atoms with Gasteiger partial charge in [-0.3, -0.25) is 4.79 Å². The molecule has 58 valence electrons. The lowest BCUT2D eigenvalue weighted by molar-refractivity contribution is -0.114. The van der Waals surface area contributed by atoms with Crippen LogP contribution in [0.2, 0.25) is 0 Å². The van der Waals surface area contributed by atoms with Gasteiger partial charge in [-0.15, -0.1) is 0 Å². The van der Waals surface area contributed by atoms with Gasteiger partial charge in [0.25, 0.3) is 0 Å². The first kappa shape index (κ1) is 4.38. The number of hydrogen-bond donors (Lipinski definition) is 2.